The second kappa shape index (κ2) is 8.05. The molecular formula is C22H26S2Si2. The van der Waals surface area contributed by atoms with E-state index in [1.165, 1.54) is 20.1 Å². The fraction of sp³-hybridized carbons (Fsp3) is 0.182. The summed E-state index contributed by atoms with van der Waals surface area (Å²) >= 11 is 3.76. The first-order valence-electron chi connectivity index (χ1n) is 8.93. The number of benzene rings is 1. The Hall–Kier alpha value is -1.47. The molecule has 4 heteroatoms. The summed E-state index contributed by atoms with van der Waals surface area (Å²) in [6.07, 6.45) is 4.59. The molecule has 0 nitrogen and oxygen atoms in total. The topological polar surface area (TPSA) is 0 Å². The van der Waals surface area contributed by atoms with Crippen molar-refractivity contribution < 1.29 is 0 Å². The minimum absolute atomic E-state index is 1.29. The second-order valence-electron chi connectivity index (χ2n) is 7.73. The zero-order chi connectivity index (χ0) is 18.6. The molecule has 0 radical (unpaired) electrons. The Morgan fingerprint density at radius 1 is 0.615 bits per heavy atom. The molecule has 3 aromatic rings. The van der Waals surface area contributed by atoms with Crippen molar-refractivity contribution in [3.63, 3.8) is 0 Å². The molecule has 0 aliphatic carbocycles. The summed E-state index contributed by atoms with van der Waals surface area (Å²) in [6.45, 7) is 9.63. The van der Waals surface area contributed by atoms with Crippen molar-refractivity contribution in [2.24, 2.45) is 0 Å². The van der Waals surface area contributed by atoms with Crippen molar-refractivity contribution in [1.82, 2.24) is 0 Å². The molecule has 0 bridgehead atoms. The first-order valence-corrected chi connectivity index (χ1v) is 16.8. The minimum Gasteiger partial charge on any atom is -0.153 e. The third-order valence-corrected chi connectivity index (χ3v) is 14.7. The van der Waals surface area contributed by atoms with E-state index in [9.17, 15) is 0 Å². The van der Waals surface area contributed by atoms with Gasteiger partial charge in [-0.25, -0.2) is 0 Å². The van der Waals surface area contributed by atoms with Crippen LogP contribution in [0.5, 0.6) is 0 Å². The molecule has 0 atom stereocenters. The average Bonchev–Trinajstić information content (AvgIpc) is 3.33. The maximum Gasteiger partial charge on any atom is 0.117 e. The molecule has 0 amide bonds. The monoisotopic (exact) mass is 410 g/mol. The van der Waals surface area contributed by atoms with E-state index >= 15 is 0 Å². The Kier molecular flexibility index (Phi) is 5.97. The highest BCUT2D eigenvalue weighted by Crippen LogP contribution is 2.15. The Balaban J connectivity index is 1.69. The van der Waals surface area contributed by atoms with Crippen LogP contribution in [0.25, 0.3) is 12.2 Å². The summed E-state index contributed by atoms with van der Waals surface area (Å²) in [5, 5.41) is 4.36. The second-order valence-corrected chi connectivity index (χ2v) is 19.0. The maximum atomic E-state index is 2.44. The Labute approximate surface area is 167 Å². The Bertz CT molecular complexity index is 794. The maximum absolute atomic E-state index is 2.44. The Morgan fingerprint density at radius 2 is 1.00 bits per heavy atom. The molecule has 0 spiro atoms. The number of thiophene rings is 2. The molecular weight excluding hydrogens is 385 g/mol. The molecule has 26 heavy (non-hydrogen) atoms. The smallest absolute Gasteiger partial charge is 0.117 e. The molecule has 0 saturated heterocycles. The Morgan fingerprint density at radius 3 is 1.31 bits per heavy atom. The fourth-order valence-corrected chi connectivity index (χ4v) is 9.55. The normalized spacial score (nSPS) is 13.1. The fourth-order valence-electron chi connectivity index (χ4n) is 2.78. The molecule has 0 unspecified atom stereocenters. The summed E-state index contributed by atoms with van der Waals surface area (Å²) in [5.41, 5.74) is 7.45. The van der Waals surface area contributed by atoms with Crippen LogP contribution >= 0.6 is 22.7 Å². The standard InChI is InChI=1S/C22H26S2Si2/c1-25(2,21-7-5-15-23-21)17-13-19-9-11-20(12-10-19)14-18-26(3,4)22-8-6-16-24-22/h5-18H,1-4H3/b17-13+,18-14+. The van der Waals surface area contributed by atoms with Crippen molar-refractivity contribution >= 4 is 60.0 Å². The highest BCUT2D eigenvalue weighted by atomic mass is 32.1. The quantitative estimate of drug-likeness (QED) is 0.428. The third kappa shape index (κ3) is 4.83. The van der Waals surface area contributed by atoms with E-state index in [4.69, 9.17) is 0 Å². The molecule has 134 valence electrons. The molecule has 0 fully saturated rings. The molecule has 0 N–H and O–H groups in total. The zero-order valence-electron chi connectivity index (χ0n) is 15.9. The lowest BCUT2D eigenvalue weighted by Gasteiger charge is -2.15. The lowest BCUT2D eigenvalue weighted by atomic mass is 10.1. The van der Waals surface area contributed by atoms with Gasteiger partial charge in [0.05, 0.1) is 0 Å². The lowest BCUT2D eigenvalue weighted by Crippen LogP contribution is -2.37. The molecule has 0 aliphatic rings. The molecule has 2 aromatic heterocycles. The molecule has 1 aromatic carbocycles. The summed E-state index contributed by atoms with van der Waals surface area (Å²) < 4.78 is 3.07. The molecule has 2 heterocycles. The van der Waals surface area contributed by atoms with Gasteiger partial charge in [0.1, 0.15) is 16.1 Å². The van der Waals surface area contributed by atoms with Gasteiger partial charge in [-0.1, -0.05) is 98.3 Å². The summed E-state index contributed by atoms with van der Waals surface area (Å²) in [5.74, 6) is 0. The van der Waals surface area contributed by atoms with E-state index in [0.29, 0.717) is 0 Å². The van der Waals surface area contributed by atoms with Crippen molar-refractivity contribution in [3.05, 3.63) is 81.8 Å². The van der Waals surface area contributed by atoms with E-state index in [2.05, 4.69) is 109 Å². The molecule has 0 aliphatic heterocycles. The van der Waals surface area contributed by atoms with Gasteiger partial charge in [-0.3, -0.25) is 0 Å². The van der Waals surface area contributed by atoms with Crippen LogP contribution in [0.15, 0.2) is 70.7 Å². The predicted molar refractivity (Wildman–Crippen MR) is 127 cm³/mol. The highest BCUT2D eigenvalue weighted by Gasteiger charge is 2.21. The van der Waals surface area contributed by atoms with Crippen LogP contribution in [0.1, 0.15) is 11.1 Å². The van der Waals surface area contributed by atoms with Crippen LogP contribution < -0.4 is 9.00 Å². The van der Waals surface area contributed by atoms with Crippen LogP contribution in [-0.4, -0.2) is 16.1 Å². The van der Waals surface area contributed by atoms with Crippen LogP contribution in [0.2, 0.25) is 26.2 Å². The average molecular weight is 411 g/mol. The first-order chi connectivity index (χ1) is 12.4. The largest absolute Gasteiger partial charge is 0.153 e. The summed E-state index contributed by atoms with van der Waals surface area (Å²) in [4.78, 5) is 0. The predicted octanol–water partition coefficient (Wildman–Crippen LogP) is 6.15. The first kappa shape index (κ1) is 19.3. The molecule has 0 saturated carbocycles. The van der Waals surface area contributed by atoms with Crippen LogP contribution in [-0.2, 0) is 0 Å². The van der Waals surface area contributed by atoms with Crippen molar-refractivity contribution in [1.29, 1.82) is 0 Å². The number of hydrogen-bond donors (Lipinski definition) is 0. The van der Waals surface area contributed by atoms with Gasteiger partial charge < -0.3 is 0 Å². The number of hydrogen-bond acceptors (Lipinski definition) is 2. The van der Waals surface area contributed by atoms with Gasteiger partial charge in [0.25, 0.3) is 0 Å². The van der Waals surface area contributed by atoms with E-state index in [0.717, 1.165) is 0 Å². The SMILES string of the molecule is C[Si](C)(/C=C/c1ccc(/C=C/[Si](C)(C)c2cccs2)cc1)c1cccs1. The van der Waals surface area contributed by atoms with E-state index in [1.807, 2.05) is 22.7 Å². The van der Waals surface area contributed by atoms with E-state index < -0.39 is 16.1 Å². The van der Waals surface area contributed by atoms with Crippen LogP contribution in [0.3, 0.4) is 0 Å². The zero-order valence-corrected chi connectivity index (χ0v) is 19.5. The van der Waals surface area contributed by atoms with Gasteiger partial charge in [-0.2, -0.15) is 22.7 Å². The third-order valence-electron chi connectivity index (χ3n) is 4.63. The van der Waals surface area contributed by atoms with Crippen molar-refractivity contribution in [2.45, 2.75) is 26.2 Å². The summed E-state index contributed by atoms with van der Waals surface area (Å²) in [6, 6.07) is 17.8. The van der Waals surface area contributed by atoms with Gasteiger partial charge in [-0.15, -0.1) is 0 Å². The number of rotatable bonds is 6. The van der Waals surface area contributed by atoms with Gasteiger partial charge in [0, 0.05) is 0 Å². The highest BCUT2D eigenvalue weighted by molar-refractivity contribution is 7.26. The lowest BCUT2D eigenvalue weighted by molar-refractivity contribution is 1.62. The van der Waals surface area contributed by atoms with Gasteiger partial charge in [-0.05, 0) is 30.9 Å². The van der Waals surface area contributed by atoms with Crippen LogP contribution in [0.4, 0.5) is 0 Å². The van der Waals surface area contributed by atoms with Gasteiger partial charge >= 0.3 is 0 Å². The van der Waals surface area contributed by atoms with Crippen molar-refractivity contribution in [2.75, 3.05) is 0 Å². The van der Waals surface area contributed by atoms with Gasteiger partial charge in [0.2, 0.25) is 0 Å². The molecule has 3 rings (SSSR count). The van der Waals surface area contributed by atoms with E-state index in [1.54, 1.807) is 0 Å². The summed E-state index contributed by atoms with van der Waals surface area (Å²) in [7, 11) is -2.93. The van der Waals surface area contributed by atoms with Crippen molar-refractivity contribution in [3.8, 4) is 0 Å². The van der Waals surface area contributed by atoms with Gasteiger partial charge in [0.15, 0.2) is 0 Å². The minimum atomic E-state index is -1.46. The van der Waals surface area contributed by atoms with E-state index in [-0.39, 0.29) is 0 Å². The van der Waals surface area contributed by atoms with Crippen LogP contribution in [0, 0.1) is 0 Å².